The monoisotopic (exact) mass is 373 g/mol. The van der Waals surface area contributed by atoms with Gasteiger partial charge in [0.05, 0.1) is 15.9 Å². The lowest BCUT2D eigenvalue weighted by Crippen LogP contribution is -2.02. The summed E-state index contributed by atoms with van der Waals surface area (Å²) < 4.78 is 3.16. The zero-order valence-corrected chi connectivity index (χ0v) is 14.6. The molecule has 3 nitrogen and oxygen atoms in total. The number of hydrogen-bond donors (Lipinski definition) is 1. The van der Waals surface area contributed by atoms with Crippen molar-refractivity contribution in [3.63, 3.8) is 0 Å². The fraction of sp³-hybridized carbons (Fsp3) is 0.357. The molecule has 0 saturated carbocycles. The standard InChI is InChI=1S/C14H17BrClN3S/c1-3-11-14(15)12(19(4-2)18-11)8-20-13-6-5-9(16)7-10(13)17/h5-7H,3-4,8,17H2,1-2H3. The minimum absolute atomic E-state index is 0.667. The summed E-state index contributed by atoms with van der Waals surface area (Å²) in [5.74, 6) is 0.827. The highest BCUT2D eigenvalue weighted by Crippen LogP contribution is 2.33. The number of nitrogen functional groups attached to an aromatic ring is 1. The molecular weight excluding hydrogens is 358 g/mol. The van der Waals surface area contributed by atoms with Gasteiger partial charge in [-0.3, -0.25) is 4.68 Å². The van der Waals surface area contributed by atoms with E-state index in [0.29, 0.717) is 5.02 Å². The minimum Gasteiger partial charge on any atom is -0.398 e. The van der Waals surface area contributed by atoms with Crippen LogP contribution in [0, 0.1) is 0 Å². The number of hydrogen-bond acceptors (Lipinski definition) is 3. The van der Waals surface area contributed by atoms with Crippen molar-refractivity contribution in [3.05, 3.63) is 39.1 Å². The van der Waals surface area contributed by atoms with E-state index in [9.17, 15) is 0 Å². The molecule has 0 aliphatic carbocycles. The van der Waals surface area contributed by atoms with Crippen LogP contribution in [0.25, 0.3) is 0 Å². The third-order valence-electron chi connectivity index (χ3n) is 3.03. The molecule has 108 valence electrons. The summed E-state index contributed by atoms with van der Waals surface area (Å²) in [6.07, 6.45) is 0.925. The normalized spacial score (nSPS) is 11.0. The van der Waals surface area contributed by atoms with Crippen LogP contribution < -0.4 is 5.73 Å². The number of aromatic nitrogens is 2. The van der Waals surface area contributed by atoms with Gasteiger partial charge in [0.25, 0.3) is 0 Å². The molecule has 0 amide bonds. The van der Waals surface area contributed by atoms with E-state index in [2.05, 4.69) is 34.9 Å². The maximum atomic E-state index is 5.99. The number of nitrogens with zero attached hydrogens (tertiary/aromatic N) is 2. The summed E-state index contributed by atoms with van der Waals surface area (Å²) in [6, 6.07) is 5.61. The van der Waals surface area contributed by atoms with Gasteiger partial charge in [0.15, 0.2) is 0 Å². The molecule has 2 aromatic rings. The highest BCUT2D eigenvalue weighted by atomic mass is 79.9. The van der Waals surface area contributed by atoms with Crippen LogP contribution >= 0.6 is 39.3 Å². The fourth-order valence-electron chi connectivity index (χ4n) is 1.95. The zero-order chi connectivity index (χ0) is 14.7. The topological polar surface area (TPSA) is 43.8 Å². The maximum absolute atomic E-state index is 5.99. The summed E-state index contributed by atoms with van der Waals surface area (Å²) in [4.78, 5) is 1.04. The van der Waals surface area contributed by atoms with Crippen molar-refractivity contribution in [1.29, 1.82) is 0 Å². The number of nitrogens with two attached hydrogens (primary N) is 1. The van der Waals surface area contributed by atoms with E-state index in [1.807, 2.05) is 16.8 Å². The van der Waals surface area contributed by atoms with Crippen LogP contribution in [0.2, 0.25) is 5.02 Å². The van der Waals surface area contributed by atoms with Gasteiger partial charge in [0, 0.05) is 27.9 Å². The van der Waals surface area contributed by atoms with Crippen molar-refractivity contribution < 1.29 is 0 Å². The Bertz CT molecular complexity index is 613. The van der Waals surface area contributed by atoms with E-state index in [1.165, 1.54) is 5.69 Å². The van der Waals surface area contributed by atoms with Crippen LogP contribution in [0.15, 0.2) is 27.6 Å². The zero-order valence-electron chi connectivity index (χ0n) is 11.5. The summed E-state index contributed by atoms with van der Waals surface area (Å²) in [5, 5.41) is 5.27. The summed E-state index contributed by atoms with van der Waals surface area (Å²) in [7, 11) is 0. The minimum atomic E-state index is 0.667. The second kappa shape index (κ2) is 6.87. The highest BCUT2D eigenvalue weighted by Gasteiger charge is 2.14. The molecule has 2 N–H and O–H groups in total. The van der Waals surface area contributed by atoms with Gasteiger partial charge in [-0.25, -0.2) is 0 Å². The molecule has 0 bridgehead atoms. The summed E-state index contributed by atoms with van der Waals surface area (Å²) in [5.41, 5.74) is 9.01. The van der Waals surface area contributed by atoms with Gasteiger partial charge in [-0.2, -0.15) is 5.10 Å². The van der Waals surface area contributed by atoms with Gasteiger partial charge in [0.1, 0.15) is 0 Å². The highest BCUT2D eigenvalue weighted by molar-refractivity contribution is 9.10. The summed E-state index contributed by atoms with van der Waals surface area (Å²) >= 11 is 11.3. The Morgan fingerprint density at radius 1 is 1.40 bits per heavy atom. The predicted octanol–water partition coefficient (Wildman–Crippen LogP) is 4.76. The first-order valence-corrected chi connectivity index (χ1v) is 8.64. The third-order valence-corrected chi connectivity index (χ3v) is 5.28. The Balaban J connectivity index is 2.20. The van der Waals surface area contributed by atoms with Gasteiger partial charge in [-0.15, -0.1) is 11.8 Å². The van der Waals surface area contributed by atoms with Crippen molar-refractivity contribution in [3.8, 4) is 0 Å². The van der Waals surface area contributed by atoms with Gasteiger partial charge >= 0.3 is 0 Å². The van der Waals surface area contributed by atoms with Crippen LogP contribution in [0.5, 0.6) is 0 Å². The number of thioether (sulfide) groups is 1. The average Bonchev–Trinajstić information content (AvgIpc) is 2.74. The lowest BCUT2D eigenvalue weighted by Gasteiger charge is -2.08. The van der Waals surface area contributed by atoms with Crippen molar-refractivity contribution in [2.45, 2.75) is 37.5 Å². The SMILES string of the molecule is CCc1nn(CC)c(CSc2ccc(Cl)cc2N)c1Br. The molecule has 6 heteroatoms. The van der Waals surface area contributed by atoms with E-state index in [-0.39, 0.29) is 0 Å². The molecule has 0 aliphatic rings. The molecule has 2 rings (SSSR count). The molecule has 0 atom stereocenters. The van der Waals surface area contributed by atoms with E-state index < -0.39 is 0 Å². The molecule has 0 fully saturated rings. The second-order valence-corrected chi connectivity index (χ2v) is 6.59. The molecule has 20 heavy (non-hydrogen) atoms. The van der Waals surface area contributed by atoms with Crippen molar-refractivity contribution >= 4 is 45.0 Å². The van der Waals surface area contributed by atoms with Crippen LogP contribution in [0.4, 0.5) is 5.69 Å². The first-order chi connectivity index (χ1) is 9.56. The van der Waals surface area contributed by atoms with E-state index in [0.717, 1.165) is 39.5 Å². The lowest BCUT2D eigenvalue weighted by molar-refractivity contribution is 0.627. The first kappa shape index (κ1) is 15.7. The molecular formula is C14H17BrClN3S. The quantitative estimate of drug-likeness (QED) is 0.606. The second-order valence-electron chi connectivity index (χ2n) is 4.35. The Morgan fingerprint density at radius 3 is 2.75 bits per heavy atom. The smallest absolute Gasteiger partial charge is 0.0767 e. The Kier molecular flexibility index (Phi) is 5.41. The van der Waals surface area contributed by atoms with Crippen molar-refractivity contribution in [1.82, 2.24) is 9.78 Å². The number of anilines is 1. The molecule has 1 aromatic heterocycles. The largest absolute Gasteiger partial charge is 0.398 e. The molecule has 0 unspecified atom stereocenters. The number of rotatable bonds is 5. The van der Waals surface area contributed by atoms with Gasteiger partial charge in [0.2, 0.25) is 0 Å². The average molecular weight is 375 g/mol. The molecule has 1 aromatic carbocycles. The molecule has 0 spiro atoms. The first-order valence-electron chi connectivity index (χ1n) is 6.48. The third kappa shape index (κ3) is 3.32. The lowest BCUT2D eigenvalue weighted by atomic mass is 10.3. The Labute approximate surface area is 137 Å². The number of benzene rings is 1. The molecule has 0 saturated heterocycles. The van der Waals surface area contributed by atoms with E-state index in [1.54, 1.807) is 17.8 Å². The predicted molar refractivity (Wildman–Crippen MR) is 90.4 cm³/mol. The molecule has 0 radical (unpaired) electrons. The van der Waals surface area contributed by atoms with Crippen LogP contribution in [-0.2, 0) is 18.7 Å². The number of aryl methyl sites for hydroxylation is 2. The number of halogens is 2. The Morgan fingerprint density at radius 2 is 2.15 bits per heavy atom. The maximum Gasteiger partial charge on any atom is 0.0767 e. The van der Waals surface area contributed by atoms with Crippen LogP contribution in [0.3, 0.4) is 0 Å². The molecule has 1 heterocycles. The van der Waals surface area contributed by atoms with E-state index >= 15 is 0 Å². The fourth-order valence-corrected chi connectivity index (χ4v) is 4.00. The van der Waals surface area contributed by atoms with Crippen molar-refractivity contribution in [2.24, 2.45) is 0 Å². The van der Waals surface area contributed by atoms with Crippen LogP contribution in [-0.4, -0.2) is 9.78 Å². The van der Waals surface area contributed by atoms with Crippen molar-refractivity contribution in [2.75, 3.05) is 5.73 Å². The van der Waals surface area contributed by atoms with Gasteiger partial charge in [-0.1, -0.05) is 18.5 Å². The molecule has 0 aliphatic heterocycles. The van der Waals surface area contributed by atoms with Crippen LogP contribution in [0.1, 0.15) is 25.2 Å². The van der Waals surface area contributed by atoms with Gasteiger partial charge < -0.3 is 5.73 Å². The van der Waals surface area contributed by atoms with Gasteiger partial charge in [-0.05, 0) is 47.5 Å². The summed E-state index contributed by atoms with van der Waals surface area (Å²) in [6.45, 7) is 5.08. The van der Waals surface area contributed by atoms with E-state index in [4.69, 9.17) is 17.3 Å². The Hall–Kier alpha value is -0.650.